The zero-order valence-electron chi connectivity index (χ0n) is 11.4. The van der Waals surface area contributed by atoms with E-state index in [1.54, 1.807) is 11.8 Å². The summed E-state index contributed by atoms with van der Waals surface area (Å²) in [5, 5.41) is 5.15. The van der Waals surface area contributed by atoms with Gasteiger partial charge in [0, 0.05) is 22.6 Å². The van der Waals surface area contributed by atoms with E-state index in [1.165, 1.54) is 12.1 Å². The lowest BCUT2D eigenvalue weighted by Crippen LogP contribution is -2.33. The lowest BCUT2D eigenvalue weighted by molar-refractivity contribution is 0.0751. The quantitative estimate of drug-likeness (QED) is 0.891. The summed E-state index contributed by atoms with van der Waals surface area (Å²) in [6.07, 6.45) is 2.02. The van der Waals surface area contributed by atoms with Crippen molar-refractivity contribution in [3.8, 4) is 0 Å². The molecule has 20 heavy (non-hydrogen) atoms. The Morgan fingerprint density at radius 1 is 1.45 bits per heavy atom. The molecule has 1 saturated carbocycles. The highest BCUT2D eigenvalue weighted by atomic mass is 79.9. The van der Waals surface area contributed by atoms with E-state index in [1.807, 2.05) is 6.92 Å². The van der Waals surface area contributed by atoms with Gasteiger partial charge in [0.1, 0.15) is 0 Å². The number of carbonyl (C=O) groups excluding carboxylic acids is 1. The number of nitrogens with two attached hydrogens (primary N) is 1. The zero-order chi connectivity index (χ0) is 15.1. The van der Waals surface area contributed by atoms with Crippen molar-refractivity contribution in [1.29, 1.82) is 0 Å². The molecule has 0 heterocycles. The normalized spacial score (nSPS) is 15.2. The number of halogens is 1. The van der Waals surface area contributed by atoms with E-state index in [9.17, 15) is 13.2 Å². The molecule has 0 unspecified atom stereocenters. The smallest absolute Gasteiger partial charge is 0.254 e. The molecule has 0 saturated heterocycles. The Morgan fingerprint density at radius 2 is 2.05 bits per heavy atom. The number of sulfonamides is 1. The van der Waals surface area contributed by atoms with Gasteiger partial charge >= 0.3 is 0 Å². The van der Waals surface area contributed by atoms with Crippen molar-refractivity contribution in [1.82, 2.24) is 4.90 Å². The maximum atomic E-state index is 12.6. The van der Waals surface area contributed by atoms with E-state index in [2.05, 4.69) is 15.9 Å². The van der Waals surface area contributed by atoms with Crippen molar-refractivity contribution in [2.24, 2.45) is 5.14 Å². The van der Waals surface area contributed by atoms with E-state index in [-0.39, 0.29) is 16.8 Å². The summed E-state index contributed by atoms with van der Waals surface area (Å²) in [7, 11) is -3.84. The fourth-order valence-corrected chi connectivity index (χ4v) is 3.32. The standard InChI is InChI=1S/C13H17BrN2O3S/c1-3-16(9-4-5-9)13(17)11-6-10(20(15,18)19)7-12(14)8(11)2/h6-7,9H,3-5H2,1-2H3,(H2,15,18,19). The minimum atomic E-state index is -3.84. The maximum absolute atomic E-state index is 12.6. The Morgan fingerprint density at radius 3 is 2.50 bits per heavy atom. The highest BCUT2D eigenvalue weighted by molar-refractivity contribution is 9.10. The molecule has 1 aliphatic rings. The first-order valence-corrected chi connectivity index (χ1v) is 8.73. The van der Waals surface area contributed by atoms with Gasteiger partial charge in [-0.05, 0) is 44.4 Å². The van der Waals surface area contributed by atoms with Gasteiger partial charge in [0.2, 0.25) is 10.0 Å². The molecule has 1 aromatic carbocycles. The van der Waals surface area contributed by atoms with Crippen molar-refractivity contribution in [3.05, 3.63) is 27.7 Å². The molecule has 110 valence electrons. The largest absolute Gasteiger partial charge is 0.336 e. The topological polar surface area (TPSA) is 80.5 Å². The predicted molar refractivity (Wildman–Crippen MR) is 80.0 cm³/mol. The zero-order valence-corrected chi connectivity index (χ0v) is 13.8. The van der Waals surface area contributed by atoms with Crippen LogP contribution in [-0.2, 0) is 10.0 Å². The molecule has 1 amide bonds. The van der Waals surface area contributed by atoms with Gasteiger partial charge in [0.05, 0.1) is 4.90 Å². The van der Waals surface area contributed by atoms with E-state index in [0.717, 1.165) is 18.4 Å². The first-order valence-electron chi connectivity index (χ1n) is 6.39. The van der Waals surface area contributed by atoms with Crippen LogP contribution in [0.4, 0.5) is 0 Å². The number of nitrogens with zero attached hydrogens (tertiary/aromatic N) is 1. The Labute approximate surface area is 127 Å². The van der Waals surface area contributed by atoms with E-state index < -0.39 is 10.0 Å². The van der Waals surface area contributed by atoms with Crippen LogP contribution in [0.2, 0.25) is 0 Å². The Bertz CT molecular complexity index is 654. The average Bonchev–Trinajstić information content (AvgIpc) is 3.16. The second-order valence-electron chi connectivity index (χ2n) is 4.95. The number of benzene rings is 1. The molecule has 2 N–H and O–H groups in total. The average molecular weight is 361 g/mol. The molecule has 0 bridgehead atoms. The third-order valence-electron chi connectivity index (χ3n) is 3.47. The molecule has 1 fully saturated rings. The molecule has 2 rings (SSSR count). The molecule has 0 aromatic heterocycles. The van der Waals surface area contributed by atoms with Gasteiger partial charge in [-0.1, -0.05) is 15.9 Å². The number of rotatable bonds is 4. The summed E-state index contributed by atoms with van der Waals surface area (Å²) in [5.41, 5.74) is 1.11. The third-order valence-corrected chi connectivity index (χ3v) is 5.18. The van der Waals surface area contributed by atoms with Crippen LogP contribution < -0.4 is 5.14 Å². The van der Waals surface area contributed by atoms with E-state index in [4.69, 9.17) is 5.14 Å². The van der Waals surface area contributed by atoms with Gasteiger partial charge in [0.25, 0.3) is 5.91 Å². The monoisotopic (exact) mass is 360 g/mol. The molecule has 0 spiro atoms. The summed E-state index contributed by atoms with van der Waals surface area (Å²) in [5.74, 6) is -0.140. The van der Waals surface area contributed by atoms with Crippen molar-refractivity contribution >= 4 is 31.9 Å². The molecule has 1 aliphatic carbocycles. The lowest BCUT2D eigenvalue weighted by Gasteiger charge is -2.22. The van der Waals surface area contributed by atoms with Crippen molar-refractivity contribution < 1.29 is 13.2 Å². The maximum Gasteiger partial charge on any atom is 0.254 e. The van der Waals surface area contributed by atoms with Gasteiger partial charge in [0.15, 0.2) is 0 Å². The van der Waals surface area contributed by atoms with Gasteiger partial charge in [-0.25, -0.2) is 13.6 Å². The summed E-state index contributed by atoms with van der Waals surface area (Å²) in [6.45, 7) is 4.31. The number of amides is 1. The first kappa shape index (κ1) is 15.5. The van der Waals surface area contributed by atoms with Crippen LogP contribution in [0.15, 0.2) is 21.5 Å². The minimum absolute atomic E-state index is 0.0508. The van der Waals surface area contributed by atoms with Gasteiger partial charge in [-0.15, -0.1) is 0 Å². The third kappa shape index (κ3) is 3.05. The Balaban J connectivity index is 2.49. The van der Waals surface area contributed by atoms with Crippen molar-refractivity contribution in [2.45, 2.75) is 37.6 Å². The summed E-state index contributed by atoms with van der Waals surface area (Å²) in [6, 6.07) is 3.07. The molecule has 0 aliphatic heterocycles. The van der Waals surface area contributed by atoms with Crippen LogP contribution in [0.5, 0.6) is 0 Å². The summed E-state index contributed by atoms with van der Waals surface area (Å²) in [4.78, 5) is 14.3. The number of hydrogen-bond acceptors (Lipinski definition) is 3. The summed E-state index contributed by atoms with van der Waals surface area (Å²) < 4.78 is 23.5. The predicted octanol–water partition coefficient (Wildman–Crippen LogP) is 2.03. The Kier molecular flexibility index (Phi) is 4.22. The van der Waals surface area contributed by atoms with Crippen LogP contribution in [0.3, 0.4) is 0 Å². The van der Waals surface area contributed by atoms with Crippen molar-refractivity contribution in [3.63, 3.8) is 0 Å². The van der Waals surface area contributed by atoms with Crippen LogP contribution in [0.25, 0.3) is 0 Å². The van der Waals surface area contributed by atoms with Crippen LogP contribution in [0.1, 0.15) is 35.7 Å². The van der Waals surface area contributed by atoms with E-state index >= 15 is 0 Å². The highest BCUT2D eigenvalue weighted by Crippen LogP contribution is 2.31. The SMILES string of the molecule is CCN(C(=O)c1cc(S(N)(=O)=O)cc(Br)c1C)C1CC1. The van der Waals surface area contributed by atoms with Crippen LogP contribution in [-0.4, -0.2) is 31.8 Å². The molecular formula is C13H17BrN2O3S. The second kappa shape index (κ2) is 5.46. The molecule has 0 atom stereocenters. The fourth-order valence-electron chi connectivity index (χ4n) is 2.15. The number of primary sulfonamides is 1. The van der Waals surface area contributed by atoms with Crippen LogP contribution >= 0.6 is 15.9 Å². The lowest BCUT2D eigenvalue weighted by atomic mass is 10.1. The van der Waals surface area contributed by atoms with Crippen LogP contribution in [0, 0.1) is 6.92 Å². The molecule has 1 aromatic rings. The number of carbonyl (C=O) groups is 1. The van der Waals surface area contributed by atoms with Gasteiger partial charge in [-0.2, -0.15) is 0 Å². The number of hydrogen-bond donors (Lipinski definition) is 1. The summed E-state index contributed by atoms with van der Waals surface area (Å²) >= 11 is 3.29. The molecule has 5 nitrogen and oxygen atoms in total. The fraction of sp³-hybridized carbons (Fsp3) is 0.462. The first-order chi connectivity index (χ1) is 9.25. The van der Waals surface area contributed by atoms with Crippen molar-refractivity contribution in [2.75, 3.05) is 6.54 Å². The van der Waals surface area contributed by atoms with Gasteiger partial charge < -0.3 is 4.90 Å². The minimum Gasteiger partial charge on any atom is -0.336 e. The molecule has 7 heteroatoms. The highest BCUT2D eigenvalue weighted by Gasteiger charge is 2.33. The van der Waals surface area contributed by atoms with Gasteiger partial charge in [-0.3, -0.25) is 4.79 Å². The van der Waals surface area contributed by atoms with E-state index in [0.29, 0.717) is 16.6 Å². The Hall–Kier alpha value is -0.920. The molecule has 0 radical (unpaired) electrons. The second-order valence-corrected chi connectivity index (χ2v) is 7.36. The molecular weight excluding hydrogens is 344 g/mol.